The molecule has 2 heterocycles. The number of aromatic nitrogens is 2. The van der Waals surface area contributed by atoms with E-state index in [9.17, 15) is 0 Å². The molecular formula is C14H16BrN3. The van der Waals surface area contributed by atoms with Crippen LogP contribution < -0.4 is 5.32 Å². The molecule has 3 nitrogen and oxygen atoms in total. The maximum atomic E-state index is 4.29. The summed E-state index contributed by atoms with van der Waals surface area (Å²) in [6.45, 7) is 2.27. The molecular weight excluding hydrogens is 290 g/mol. The number of piperidine rings is 1. The molecule has 3 rings (SSSR count). The maximum Gasteiger partial charge on any atom is 0.109 e. The van der Waals surface area contributed by atoms with Gasteiger partial charge in [0, 0.05) is 0 Å². The maximum absolute atomic E-state index is 4.29. The highest BCUT2D eigenvalue weighted by Gasteiger charge is 2.15. The van der Waals surface area contributed by atoms with Gasteiger partial charge in [-0.1, -0.05) is 12.1 Å². The summed E-state index contributed by atoms with van der Waals surface area (Å²) >= 11 is 3.49. The Kier molecular flexibility index (Phi) is 3.48. The molecule has 0 atom stereocenters. The first-order valence-electron chi connectivity index (χ1n) is 6.35. The van der Waals surface area contributed by atoms with Crippen molar-refractivity contribution in [1.29, 1.82) is 0 Å². The van der Waals surface area contributed by atoms with Crippen LogP contribution in [0.3, 0.4) is 0 Å². The van der Waals surface area contributed by atoms with Gasteiger partial charge in [0.15, 0.2) is 0 Å². The minimum atomic E-state index is 0.710. The Morgan fingerprint density at radius 3 is 2.44 bits per heavy atom. The van der Waals surface area contributed by atoms with Gasteiger partial charge >= 0.3 is 0 Å². The molecule has 0 saturated carbocycles. The first-order chi connectivity index (χ1) is 8.84. The van der Waals surface area contributed by atoms with Crippen molar-refractivity contribution in [2.24, 2.45) is 0 Å². The summed E-state index contributed by atoms with van der Waals surface area (Å²) in [5.41, 5.74) is 2.55. The molecule has 1 aliphatic heterocycles. The second-order valence-electron chi connectivity index (χ2n) is 4.68. The average molecular weight is 306 g/mol. The molecule has 1 N–H and O–H groups in total. The summed E-state index contributed by atoms with van der Waals surface area (Å²) in [5, 5.41) is 7.69. The molecule has 0 spiro atoms. The lowest BCUT2D eigenvalue weighted by Crippen LogP contribution is -2.26. The number of benzene rings is 1. The third kappa shape index (κ3) is 2.35. The lowest BCUT2D eigenvalue weighted by Gasteiger charge is -2.23. The molecule has 0 radical (unpaired) electrons. The van der Waals surface area contributed by atoms with Crippen LogP contribution in [0.5, 0.6) is 0 Å². The molecule has 0 unspecified atom stereocenters. The van der Waals surface area contributed by atoms with Gasteiger partial charge in [-0.15, -0.1) is 0 Å². The molecule has 1 aromatic heterocycles. The highest BCUT2D eigenvalue weighted by molar-refractivity contribution is 9.10. The van der Waals surface area contributed by atoms with Gasteiger partial charge in [0.25, 0.3) is 0 Å². The van der Waals surface area contributed by atoms with Gasteiger partial charge in [-0.3, -0.25) is 0 Å². The fraction of sp³-hybridized carbons (Fsp3) is 0.357. The lowest BCUT2D eigenvalue weighted by atomic mass is 9.90. The number of rotatable bonds is 2. The molecule has 1 aromatic carbocycles. The Balaban J connectivity index is 1.82. The monoisotopic (exact) mass is 305 g/mol. The molecule has 1 fully saturated rings. The van der Waals surface area contributed by atoms with Crippen LogP contribution in [0.1, 0.15) is 24.3 Å². The number of nitrogens with zero attached hydrogens (tertiary/aromatic N) is 2. The summed E-state index contributed by atoms with van der Waals surface area (Å²) in [7, 11) is 0. The van der Waals surface area contributed by atoms with Gasteiger partial charge in [-0.05, 0) is 71.5 Å². The van der Waals surface area contributed by atoms with Crippen LogP contribution in [0.4, 0.5) is 0 Å². The van der Waals surface area contributed by atoms with E-state index < -0.39 is 0 Å². The molecule has 2 aromatic rings. The zero-order valence-corrected chi connectivity index (χ0v) is 11.7. The van der Waals surface area contributed by atoms with Gasteiger partial charge < -0.3 is 5.32 Å². The second kappa shape index (κ2) is 5.24. The number of halogens is 1. The highest BCUT2D eigenvalue weighted by atomic mass is 79.9. The van der Waals surface area contributed by atoms with Crippen molar-refractivity contribution in [2.75, 3.05) is 13.1 Å². The van der Waals surface area contributed by atoms with Crippen molar-refractivity contribution >= 4 is 15.9 Å². The Morgan fingerprint density at radius 1 is 1.11 bits per heavy atom. The topological polar surface area (TPSA) is 29.9 Å². The Labute approximate surface area is 115 Å². The molecule has 4 heteroatoms. The predicted octanol–water partition coefficient (Wildman–Crippen LogP) is 3.10. The van der Waals surface area contributed by atoms with Gasteiger partial charge in [0.1, 0.15) is 4.60 Å². The van der Waals surface area contributed by atoms with Crippen molar-refractivity contribution in [3.05, 3.63) is 46.7 Å². The third-order valence-electron chi connectivity index (χ3n) is 3.54. The summed E-state index contributed by atoms with van der Waals surface area (Å²) in [6, 6.07) is 10.7. The van der Waals surface area contributed by atoms with Crippen molar-refractivity contribution in [1.82, 2.24) is 15.1 Å². The van der Waals surface area contributed by atoms with Crippen LogP contribution in [0.15, 0.2) is 41.1 Å². The molecule has 94 valence electrons. The SMILES string of the molecule is Brc1ccnn1-c1ccc(C2CCNCC2)cc1. The average Bonchev–Trinajstić information content (AvgIpc) is 2.86. The summed E-state index contributed by atoms with van der Waals surface area (Å²) in [6.07, 6.45) is 4.28. The van der Waals surface area contributed by atoms with E-state index in [1.165, 1.54) is 18.4 Å². The van der Waals surface area contributed by atoms with Crippen molar-refractivity contribution in [2.45, 2.75) is 18.8 Å². The molecule has 0 amide bonds. The standard InChI is InChI=1S/C14H16BrN3/c15-14-7-10-17-18(14)13-3-1-11(2-4-13)12-5-8-16-9-6-12/h1-4,7,10,12,16H,5-6,8-9H2. The van der Waals surface area contributed by atoms with E-state index >= 15 is 0 Å². The molecule has 0 bridgehead atoms. The van der Waals surface area contributed by atoms with Gasteiger partial charge in [0.2, 0.25) is 0 Å². The van der Waals surface area contributed by atoms with Crippen molar-refractivity contribution < 1.29 is 0 Å². The minimum absolute atomic E-state index is 0.710. The Bertz CT molecular complexity index is 512. The van der Waals surface area contributed by atoms with E-state index in [4.69, 9.17) is 0 Å². The molecule has 1 aliphatic rings. The third-order valence-corrected chi connectivity index (χ3v) is 4.15. The summed E-state index contributed by atoms with van der Waals surface area (Å²) in [4.78, 5) is 0. The largest absolute Gasteiger partial charge is 0.317 e. The van der Waals surface area contributed by atoms with E-state index in [1.807, 2.05) is 10.7 Å². The van der Waals surface area contributed by atoms with Crippen LogP contribution in [-0.4, -0.2) is 22.9 Å². The summed E-state index contributed by atoms with van der Waals surface area (Å²) in [5.74, 6) is 0.710. The molecule has 0 aliphatic carbocycles. The Morgan fingerprint density at radius 2 is 1.83 bits per heavy atom. The van der Waals surface area contributed by atoms with Gasteiger partial charge in [-0.25, -0.2) is 4.68 Å². The van der Waals surface area contributed by atoms with Crippen LogP contribution >= 0.6 is 15.9 Å². The van der Waals surface area contributed by atoms with Crippen LogP contribution in [0, 0.1) is 0 Å². The minimum Gasteiger partial charge on any atom is -0.317 e. The van der Waals surface area contributed by atoms with Gasteiger partial charge in [-0.2, -0.15) is 5.10 Å². The zero-order chi connectivity index (χ0) is 12.4. The molecule has 1 saturated heterocycles. The van der Waals surface area contributed by atoms with E-state index in [0.717, 1.165) is 23.4 Å². The highest BCUT2D eigenvalue weighted by Crippen LogP contribution is 2.26. The van der Waals surface area contributed by atoms with Crippen LogP contribution in [0.25, 0.3) is 5.69 Å². The van der Waals surface area contributed by atoms with Crippen LogP contribution in [0.2, 0.25) is 0 Å². The second-order valence-corrected chi connectivity index (χ2v) is 5.49. The number of hydrogen-bond acceptors (Lipinski definition) is 2. The van der Waals surface area contributed by atoms with E-state index in [-0.39, 0.29) is 0 Å². The smallest absolute Gasteiger partial charge is 0.109 e. The normalized spacial score (nSPS) is 16.9. The van der Waals surface area contributed by atoms with Crippen LogP contribution in [-0.2, 0) is 0 Å². The van der Waals surface area contributed by atoms with E-state index in [2.05, 4.69) is 50.6 Å². The first-order valence-corrected chi connectivity index (χ1v) is 7.14. The molecule has 18 heavy (non-hydrogen) atoms. The zero-order valence-electron chi connectivity index (χ0n) is 10.1. The van der Waals surface area contributed by atoms with Crippen molar-refractivity contribution in [3.63, 3.8) is 0 Å². The van der Waals surface area contributed by atoms with E-state index in [1.54, 1.807) is 6.20 Å². The van der Waals surface area contributed by atoms with E-state index in [0.29, 0.717) is 5.92 Å². The Hall–Kier alpha value is -1.13. The predicted molar refractivity (Wildman–Crippen MR) is 76.1 cm³/mol. The fourth-order valence-corrected chi connectivity index (χ4v) is 2.93. The fourth-order valence-electron chi connectivity index (χ4n) is 2.52. The quantitative estimate of drug-likeness (QED) is 0.924. The lowest BCUT2D eigenvalue weighted by molar-refractivity contribution is 0.460. The summed E-state index contributed by atoms with van der Waals surface area (Å²) < 4.78 is 2.88. The first kappa shape index (κ1) is 11.9. The number of hydrogen-bond donors (Lipinski definition) is 1. The number of nitrogens with one attached hydrogen (secondary N) is 1. The van der Waals surface area contributed by atoms with Gasteiger partial charge in [0.05, 0.1) is 11.9 Å². The van der Waals surface area contributed by atoms with Crippen molar-refractivity contribution in [3.8, 4) is 5.69 Å².